The van der Waals surface area contributed by atoms with Crippen LogP contribution < -0.4 is 4.74 Å². The number of halogens is 9. The fourth-order valence-corrected chi connectivity index (χ4v) is 4.99. The zero-order valence-electron chi connectivity index (χ0n) is 26.3. The van der Waals surface area contributed by atoms with E-state index in [-0.39, 0.29) is 25.1 Å². The molecule has 0 saturated heterocycles. The van der Waals surface area contributed by atoms with Gasteiger partial charge in [-0.05, 0) is 91.6 Å². The Balaban J connectivity index is 1.44. The van der Waals surface area contributed by atoms with Crippen LogP contribution in [0.4, 0.5) is 39.5 Å². The van der Waals surface area contributed by atoms with Crippen molar-refractivity contribution >= 4 is 16.7 Å². The first-order valence-electron chi connectivity index (χ1n) is 15.6. The zero-order chi connectivity index (χ0) is 34.9. The van der Waals surface area contributed by atoms with E-state index in [4.69, 9.17) is 9.47 Å². The average molecular weight is 679 g/mol. The monoisotopic (exact) mass is 678 g/mol. The highest BCUT2D eigenvalue weighted by Gasteiger charge is 2.81. The summed E-state index contributed by atoms with van der Waals surface area (Å²) in [5, 5.41) is 1.89. The van der Waals surface area contributed by atoms with Crippen molar-refractivity contribution in [2.45, 2.75) is 108 Å². The lowest BCUT2D eigenvalue weighted by molar-refractivity contribution is -0.396. The van der Waals surface area contributed by atoms with Crippen LogP contribution in [0.2, 0.25) is 0 Å². The third kappa shape index (κ3) is 10.0. The highest BCUT2D eigenvalue weighted by atomic mass is 19.4. The van der Waals surface area contributed by atoms with E-state index in [2.05, 4.69) is 6.92 Å². The molecule has 0 amide bonds. The van der Waals surface area contributed by atoms with Crippen LogP contribution in [0.5, 0.6) is 5.75 Å². The fraction of sp³-hybridized carbons (Fsp3) is 0.514. The molecule has 0 heterocycles. The lowest BCUT2D eigenvalue weighted by Crippen LogP contribution is -2.60. The number of esters is 1. The van der Waals surface area contributed by atoms with Crippen molar-refractivity contribution in [1.82, 2.24) is 0 Å². The summed E-state index contributed by atoms with van der Waals surface area (Å²) in [5.41, 5.74) is 2.54. The Hall–Kier alpha value is -3.44. The maximum absolute atomic E-state index is 13.6. The van der Waals surface area contributed by atoms with E-state index in [0.29, 0.717) is 24.2 Å². The van der Waals surface area contributed by atoms with Crippen LogP contribution in [0.25, 0.3) is 10.8 Å². The van der Waals surface area contributed by atoms with Crippen LogP contribution in [0.3, 0.4) is 0 Å². The normalized spacial score (nSPS) is 13.5. The molecule has 0 saturated carbocycles. The predicted molar refractivity (Wildman–Crippen MR) is 162 cm³/mol. The molecule has 0 aromatic heterocycles. The third-order valence-electron chi connectivity index (χ3n) is 7.90. The second kappa shape index (κ2) is 16.1. The first-order valence-corrected chi connectivity index (χ1v) is 15.6. The second-order valence-corrected chi connectivity index (χ2v) is 11.8. The summed E-state index contributed by atoms with van der Waals surface area (Å²) in [6.07, 6.45) is -3.18. The van der Waals surface area contributed by atoms with Gasteiger partial charge in [0.15, 0.2) is 0 Å². The highest BCUT2D eigenvalue weighted by Crippen LogP contribution is 2.54. The standard InChI is InChI=1S/C35H39F9O3/c1-3-4-5-6-9-24(2)47-31(45)29-17-16-27-22-26(12-15-28(27)23-29)11-10-25-13-18-30(19-14-25)46-21-8-7-20-32(36,37)33(38,39)34(40,41)35(42,43)44/h12-19,22-24H,3-11,20-21H2,1-2H3/t24-/m0/s1. The van der Waals surface area contributed by atoms with Crippen LogP contribution in [0.15, 0.2) is 60.7 Å². The number of unbranched alkanes of at least 4 members (excludes halogenated alkanes) is 4. The summed E-state index contributed by atoms with van der Waals surface area (Å²) in [6, 6.07) is 18.2. The SMILES string of the molecule is CCCCCC[C@H](C)OC(=O)c1ccc2cc(CCc3ccc(OCCCCC(F)(F)C(F)(F)C(F)(F)C(F)(F)F)cc3)ccc2c1. The number of aryl methyl sites for hydroxylation is 2. The van der Waals surface area contributed by atoms with E-state index in [1.54, 1.807) is 30.3 Å². The van der Waals surface area contributed by atoms with Gasteiger partial charge in [0.25, 0.3) is 0 Å². The Labute approximate surface area is 268 Å². The molecule has 0 N–H and O–H groups in total. The van der Waals surface area contributed by atoms with E-state index in [1.807, 2.05) is 37.3 Å². The Morgan fingerprint density at radius 2 is 1.32 bits per heavy atom. The zero-order valence-corrected chi connectivity index (χ0v) is 26.3. The molecule has 3 nitrogen and oxygen atoms in total. The van der Waals surface area contributed by atoms with Crippen molar-refractivity contribution < 1.29 is 53.8 Å². The van der Waals surface area contributed by atoms with Crippen molar-refractivity contribution in [1.29, 1.82) is 0 Å². The molecule has 1 atom stereocenters. The van der Waals surface area contributed by atoms with Gasteiger partial charge in [0, 0.05) is 6.42 Å². The average Bonchev–Trinajstić information content (AvgIpc) is 3.01. The number of fused-ring (bicyclic) bond motifs is 1. The van der Waals surface area contributed by atoms with Gasteiger partial charge in [-0.25, -0.2) is 4.79 Å². The highest BCUT2D eigenvalue weighted by molar-refractivity contribution is 5.95. The molecule has 47 heavy (non-hydrogen) atoms. The number of hydrogen-bond acceptors (Lipinski definition) is 3. The van der Waals surface area contributed by atoms with Crippen molar-refractivity contribution in [2.75, 3.05) is 6.61 Å². The Morgan fingerprint density at radius 3 is 1.98 bits per heavy atom. The molecular weight excluding hydrogens is 639 g/mol. The summed E-state index contributed by atoms with van der Waals surface area (Å²) in [5.74, 6) is -19.0. The van der Waals surface area contributed by atoms with Crippen LogP contribution in [0.1, 0.15) is 86.7 Å². The molecule has 3 aromatic carbocycles. The molecule has 0 aliphatic rings. The molecule has 260 valence electrons. The number of carbonyl (C=O) groups excluding carboxylic acids is 1. The smallest absolute Gasteiger partial charge is 0.460 e. The Kier molecular flexibility index (Phi) is 13.0. The largest absolute Gasteiger partial charge is 0.494 e. The molecule has 3 aromatic rings. The number of rotatable bonds is 18. The third-order valence-corrected chi connectivity index (χ3v) is 7.90. The summed E-state index contributed by atoms with van der Waals surface area (Å²) in [6.45, 7) is 3.82. The fourth-order valence-electron chi connectivity index (χ4n) is 4.99. The molecule has 0 aliphatic carbocycles. The maximum Gasteiger partial charge on any atom is 0.460 e. The van der Waals surface area contributed by atoms with E-state index in [1.165, 1.54) is 6.42 Å². The first-order chi connectivity index (χ1) is 22.0. The van der Waals surface area contributed by atoms with Gasteiger partial charge in [0.05, 0.1) is 18.3 Å². The molecule has 0 spiro atoms. The molecule has 0 aliphatic heterocycles. The van der Waals surface area contributed by atoms with Gasteiger partial charge < -0.3 is 9.47 Å². The molecule has 0 radical (unpaired) electrons. The number of alkyl halides is 9. The van der Waals surface area contributed by atoms with Gasteiger partial charge in [-0.1, -0.05) is 62.6 Å². The van der Waals surface area contributed by atoms with Gasteiger partial charge in [-0.15, -0.1) is 0 Å². The Bertz CT molecular complexity index is 1440. The summed E-state index contributed by atoms with van der Waals surface area (Å²) in [7, 11) is 0. The van der Waals surface area contributed by atoms with Gasteiger partial charge >= 0.3 is 29.9 Å². The second-order valence-electron chi connectivity index (χ2n) is 11.8. The van der Waals surface area contributed by atoms with E-state index in [9.17, 15) is 44.3 Å². The molecule has 0 fully saturated rings. The van der Waals surface area contributed by atoms with Gasteiger partial charge in [-0.3, -0.25) is 0 Å². The van der Waals surface area contributed by atoms with Crippen molar-refractivity contribution in [3.05, 3.63) is 77.4 Å². The van der Waals surface area contributed by atoms with Crippen LogP contribution in [0, 0.1) is 0 Å². The molecule has 3 rings (SSSR count). The molecule has 0 bridgehead atoms. The van der Waals surface area contributed by atoms with Crippen molar-refractivity contribution in [2.24, 2.45) is 0 Å². The minimum absolute atomic E-state index is 0.148. The number of carbonyl (C=O) groups is 1. The summed E-state index contributed by atoms with van der Waals surface area (Å²) >= 11 is 0. The first kappa shape index (κ1) is 38.0. The van der Waals surface area contributed by atoms with E-state index < -0.39 is 36.8 Å². The van der Waals surface area contributed by atoms with Crippen molar-refractivity contribution in [3.63, 3.8) is 0 Å². The number of ether oxygens (including phenoxy) is 2. The van der Waals surface area contributed by atoms with Gasteiger partial charge in [0.1, 0.15) is 5.75 Å². The van der Waals surface area contributed by atoms with Crippen LogP contribution in [-0.4, -0.2) is 42.6 Å². The lowest BCUT2D eigenvalue weighted by Gasteiger charge is -2.33. The van der Waals surface area contributed by atoms with Gasteiger partial charge in [0.2, 0.25) is 0 Å². The van der Waals surface area contributed by atoms with Crippen LogP contribution in [-0.2, 0) is 17.6 Å². The number of benzene rings is 3. The summed E-state index contributed by atoms with van der Waals surface area (Å²) in [4.78, 5) is 12.6. The van der Waals surface area contributed by atoms with Crippen molar-refractivity contribution in [3.8, 4) is 5.75 Å². The minimum Gasteiger partial charge on any atom is -0.494 e. The van der Waals surface area contributed by atoms with E-state index >= 15 is 0 Å². The topological polar surface area (TPSA) is 35.5 Å². The summed E-state index contributed by atoms with van der Waals surface area (Å²) < 4.78 is 128. The minimum atomic E-state index is -6.87. The molecule has 0 unspecified atom stereocenters. The maximum atomic E-state index is 13.6. The van der Waals surface area contributed by atoms with Crippen LogP contribution >= 0.6 is 0 Å². The predicted octanol–water partition coefficient (Wildman–Crippen LogP) is 11.2. The quantitative estimate of drug-likeness (QED) is 0.0763. The molecular formula is C35H39F9O3. The van der Waals surface area contributed by atoms with Gasteiger partial charge in [-0.2, -0.15) is 39.5 Å². The van der Waals surface area contributed by atoms with E-state index in [0.717, 1.165) is 47.6 Å². The Morgan fingerprint density at radius 1 is 0.702 bits per heavy atom. The molecule has 12 heteroatoms. The number of hydrogen-bond donors (Lipinski definition) is 0. The lowest BCUT2D eigenvalue weighted by atomic mass is 9.99.